The first kappa shape index (κ1) is 7.42. The van der Waals surface area contributed by atoms with Gasteiger partial charge in [0.25, 0.3) is 0 Å². The third-order valence-electron chi connectivity index (χ3n) is 0.818. The third kappa shape index (κ3) is 5.42. The monoisotopic (exact) mass is 115 g/mol. The van der Waals surface area contributed by atoms with Gasteiger partial charge in [0, 0.05) is 0 Å². The lowest BCUT2D eigenvalue weighted by molar-refractivity contribution is 0.209. The fourth-order valence-corrected chi connectivity index (χ4v) is 0.322. The average Bonchev–Trinajstić information content (AvgIpc) is 1.59. The molecule has 0 bridgehead atoms. The summed E-state index contributed by atoms with van der Waals surface area (Å²) in [6.45, 7) is 9.60. The molecule has 0 aliphatic heterocycles. The van der Waals surface area contributed by atoms with Crippen LogP contribution in [0.5, 0.6) is 0 Å². The van der Waals surface area contributed by atoms with Gasteiger partial charge in [-0.2, -0.15) is 0 Å². The van der Waals surface area contributed by atoms with Gasteiger partial charge in [0.05, 0.1) is 6.42 Å². The largest absolute Gasteiger partial charge is 0.317 e. The molecule has 0 spiro atoms. The molecule has 0 saturated carbocycles. The van der Waals surface area contributed by atoms with Crippen LogP contribution in [0.2, 0.25) is 0 Å². The molecule has 0 amide bonds. The van der Waals surface area contributed by atoms with Crippen molar-refractivity contribution >= 4 is 0 Å². The van der Waals surface area contributed by atoms with Crippen LogP contribution >= 0.6 is 0 Å². The van der Waals surface area contributed by atoms with Crippen molar-refractivity contribution in [2.45, 2.75) is 25.9 Å². The highest BCUT2D eigenvalue weighted by Gasteiger charge is 2.15. The van der Waals surface area contributed by atoms with Crippen LogP contribution in [0.15, 0.2) is 0 Å². The molecule has 0 radical (unpaired) electrons. The van der Waals surface area contributed by atoms with Crippen molar-refractivity contribution in [1.82, 2.24) is 0 Å². The minimum atomic E-state index is -1.16. The summed E-state index contributed by atoms with van der Waals surface area (Å²) < 4.78 is 12.4. The van der Waals surface area contributed by atoms with Crippen molar-refractivity contribution in [3.8, 4) is 0 Å². The number of hydrogen-bond donors (Lipinski definition) is 0. The van der Waals surface area contributed by atoms with Crippen LogP contribution in [0.1, 0.15) is 20.3 Å². The summed E-state index contributed by atoms with van der Waals surface area (Å²) in [5, 5.41) is 0. The second-order valence-corrected chi connectivity index (χ2v) is 2.35. The second-order valence-electron chi connectivity index (χ2n) is 2.35. The fraction of sp³-hybridized carbons (Fsp3) is 0.833. The van der Waals surface area contributed by atoms with Gasteiger partial charge in [0.2, 0.25) is 6.54 Å². The maximum absolute atomic E-state index is 12.4. The minimum absolute atomic E-state index is 0.295. The summed E-state index contributed by atoms with van der Waals surface area (Å²) in [5.74, 6) is 0. The molecule has 0 atom stereocenters. The molecule has 0 rings (SSSR count). The predicted octanol–water partition coefficient (Wildman–Crippen LogP) is 2.04. The number of nitrogens with zero attached hydrogens (tertiary/aromatic N) is 1. The number of alkyl halides is 1. The molecule has 0 heterocycles. The molecule has 46 valence electrons. The first-order chi connectivity index (χ1) is 3.56. The normalized spacial score (nSPS) is 10.8. The summed E-state index contributed by atoms with van der Waals surface area (Å²) >= 11 is 0. The van der Waals surface area contributed by atoms with Crippen LogP contribution in [0, 0.1) is 6.57 Å². The van der Waals surface area contributed by atoms with Gasteiger partial charge in [-0.1, -0.05) is 0 Å². The van der Waals surface area contributed by atoms with Crippen LogP contribution in [0.4, 0.5) is 4.39 Å². The van der Waals surface area contributed by atoms with E-state index in [-0.39, 0.29) is 0 Å². The Morgan fingerprint density at radius 2 is 2.12 bits per heavy atom. The quantitative estimate of drug-likeness (QED) is 0.485. The highest BCUT2D eigenvalue weighted by atomic mass is 19.1. The van der Waals surface area contributed by atoms with Crippen molar-refractivity contribution in [2.24, 2.45) is 0 Å². The fourth-order valence-electron chi connectivity index (χ4n) is 0.322. The molecule has 0 aromatic carbocycles. The number of halogens is 1. The van der Waals surface area contributed by atoms with Crippen molar-refractivity contribution in [3.63, 3.8) is 0 Å². The van der Waals surface area contributed by atoms with Crippen LogP contribution in [-0.2, 0) is 0 Å². The molecule has 0 saturated heterocycles. The Morgan fingerprint density at radius 3 is 2.25 bits per heavy atom. The van der Waals surface area contributed by atoms with E-state index in [1.807, 2.05) is 0 Å². The average molecular weight is 115 g/mol. The zero-order valence-electron chi connectivity index (χ0n) is 5.24. The Morgan fingerprint density at radius 1 is 1.62 bits per heavy atom. The highest BCUT2D eigenvalue weighted by molar-refractivity contribution is 4.71. The van der Waals surface area contributed by atoms with Crippen LogP contribution in [0.3, 0.4) is 0 Å². The molecule has 2 heteroatoms. The SMILES string of the molecule is [C-]#[N+]CCC(C)(C)F. The number of rotatable bonds is 2. The summed E-state index contributed by atoms with van der Waals surface area (Å²) in [6.07, 6.45) is 0.344. The van der Waals surface area contributed by atoms with E-state index in [0.717, 1.165) is 0 Å². The maximum Gasteiger partial charge on any atom is 0.217 e. The lowest BCUT2D eigenvalue weighted by Crippen LogP contribution is -2.12. The van der Waals surface area contributed by atoms with Gasteiger partial charge < -0.3 is 4.85 Å². The molecule has 0 fully saturated rings. The molecule has 0 aromatic heterocycles. The van der Waals surface area contributed by atoms with E-state index in [1.165, 1.54) is 13.8 Å². The van der Waals surface area contributed by atoms with E-state index in [0.29, 0.717) is 13.0 Å². The highest BCUT2D eigenvalue weighted by Crippen LogP contribution is 2.12. The van der Waals surface area contributed by atoms with Crippen molar-refractivity contribution < 1.29 is 4.39 Å². The molecular formula is C6H10FN. The first-order valence-corrected chi connectivity index (χ1v) is 2.58. The number of hydrogen-bond acceptors (Lipinski definition) is 0. The van der Waals surface area contributed by atoms with Gasteiger partial charge in [-0.3, -0.25) is 0 Å². The van der Waals surface area contributed by atoms with Gasteiger partial charge in [0.1, 0.15) is 5.67 Å². The predicted molar refractivity (Wildman–Crippen MR) is 31.3 cm³/mol. The first-order valence-electron chi connectivity index (χ1n) is 2.58. The van der Waals surface area contributed by atoms with Gasteiger partial charge in [0.15, 0.2) is 0 Å². The summed E-state index contributed by atoms with van der Waals surface area (Å²) in [5.41, 5.74) is -1.16. The van der Waals surface area contributed by atoms with E-state index in [4.69, 9.17) is 6.57 Å². The topological polar surface area (TPSA) is 4.36 Å². The zero-order chi connectivity index (χ0) is 6.62. The summed E-state index contributed by atoms with van der Waals surface area (Å²) in [7, 11) is 0. The standard InChI is InChI=1S/C6H10FN/c1-6(2,7)4-5-8-3/h4-5H2,1-2H3. The van der Waals surface area contributed by atoms with Crippen LogP contribution in [0.25, 0.3) is 4.85 Å². The van der Waals surface area contributed by atoms with E-state index in [1.54, 1.807) is 0 Å². The van der Waals surface area contributed by atoms with E-state index >= 15 is 0 Å². The summed E-state index contributed by atoms with van der Waals surface area (Å²) in [4.78, 5) is 3.03. The minimum Gasteiger partial charge on any atom is -0.317 e. The molecule has 0 unspecified atom stereocenters. The van der Waals surface area contributed by atoms with Crippen molar-refractivity contribution in [3.05, 3.63) is 11.4 Å². The lowest BCUT2D eigenvalue weighted by Gasteiger charge is -2.07. The molecule has 8 heavy (non-hydrogen) atoms. The van der Waals surface area contributed by atoms with Crippen LogP contribution in [-0.4, -0.2) is 12.2 Å². The van der Waals surface area contributed by atoms with E-state index in [9.17, 15) is 4.39 Å². The van der Waals surface area contributed by atoms with E-state index in [2.05, 4.69) is 4.85 Å². The molecule has 0 aliphatic carbocycles. The Balaban J connectivity index is 3.28. The molecule has 0 aliphatic rings. The second kappa shape index (κ2) is 2.66. The van der Waals surface area contributed by atoms with Crippen LogP contribution < -0.4 is 0 Å². The van der Waals surface area contributed by atoms with E-state index < -0.39 is 5.67 Å². The van der Waals surface area contributed by atoms with Gasteiger partial charge in [-0.05, 0) is 13.8 Å². The maximum atomic E-state index is 12.4. The Hall–Kier alpha value is -0.580. The molecular weight excluding hydrogens is 105 g/mol. The molecule has 0 N–H and O–H groups in total. The van der Waals surface area contributed by atoms with Crippen molar-refractivity contribution in [2.75, 3.05) is 6.54 Å². The third-order valence-corrected chi connectivity index (χ3v) is 0.818. The Bertz CT molecular complexity index is 96.1. The molecule has 1 nitrogen and oxygen atoms in total. The Labute approximate surface area is 49.3 Å². The van der Waals surface area contributed by atoms with Gasteiger partial charge in [-0.15, -0.1) is 0 Å². The smallest absolute Gasteiger partial charge is 0.217 e. The molecule has 0 aromatic rings. The van der Waals surface area contributed by atoms with Crippen molar-refractivity contribution in [1.29, 1.82) is 0 Å². The zero-order valence-corrected chi connectivity index (χ0v) is 5.24. The van der Waals surface area contributed by atoms with Gasteiger partial charge >= 0.3 is 0 Å². The lowest BCUT2D eigenvalue weighted by atomic mass is 10.1. The Kier molecular flexibility index (Phi) is 2.47. The summed E-state index contributed by atoms with van der Waals surface area (Å²) in [6, 6.07) is 0. The van der Waals surface area contributed by atoms with Gasteiger partial charge in [-0.25, -0.2) is 11.0 Å².